The van der Waals surface area contributed by atoms with Gasteiger partial charge < -0.3 is 63.6 Å². The lowest BCUT2D eigenvalue weighted by Gasteiger charge is -2.11. The molecule has 20 rings (SSSR count). The van der Waals surface area contributed by atoms with E-state index in [4.69, 9.17) is 42.3 Å². The van der Waals surface area contributed by atoms with Gasteiger partial charge in [-0.3, -0.25) is 44.6 Å². The summed E-state index contributed by atoms with van der Waals surface area (Å²) in [5.74, 6) is 5.49. The molecule has 8 N–H and O–H groups in total. The fraction of sp³-hybridized carbons (Fsp3) is 0.191. The first-order chi connectivity index (χ1) is 59.9. The number of rotatable bonds is 23. The number of carbonyl (C=O) groups excluding carboxylic acids is 4. The highest BCUT2D eigenvalue weighted by atomic mass is 32.1. The summed E-state index contributed by atoms with van der Waals surface area (Å²) in [6.07, 6.45) is 28.1. The second kappa shape index (κ2) is 36.4. The normalized spacial score (nSPS) is 13.4. The molecule has 1 saturated carbocycles. The summed E-state index contributed by atoms with van der Waals surface area (Å²) in [7, 11) is 6.27. The summed E-state index contributed by atoms with van der Waals surface area (Å²) in [5, 5.41) is 46.5. The van der Waals surface area contributed by atoms with Gasteiger partial charge in [-0.05, 0) is 202 Å². The Labute approximate surface area is 703 Å². The number of fused-ring (bicyclic) bond motifs is 8. The second-order valence-corrected chi connectivity index (χ2v) is 30.1. The molecule has 0 atom stereocenters. The Hall–Kier alpha value is -15.1. The van der Waals surface area contributed by atoms with Crippen LogP contribution in [0, 0.1) is 0 Å². The Morgan fingerprint density at radius 2 is 0.803 bits per heavy atom. The van der Waals surface area contributed by atoms with E-state index in [1.807, 2.05) is 145 Å². The molecule has 0 bridgehead atoms. The van der Waals surface area contributed by atoms with Crippen molar-refractivity contribution in [2.75, 3.05) is 54.9 Å². The number of pyridine rings is 1. The predicted molar refractivity (Wildman–Crippen MR) is 468 cm³/mol. The largest absolute Gasteiger partial charge is 0.495 e. The van der Waals surface area contributed by atoms with Gasteiger partial charge in [-0.2, -0.15) is 20.4 Å². The third kappa shape index (κ3) is 17.7. The van der Waals surface area contributed by atoms with Crippen LogP contribution in [0.1, 0.15) is 138 Å². The van der Waals surface area contributed by atoms with Crippen LogP contribution in [0.2, 0.25) is 0 Å². The van der Waals surface area contributed by atoms with Crippen LogP contribution in [0.15, 0.2) is 180 Å². The smallest absolute Gasteiger partial charge is 0.255 e. The first-order valence-corrected chi connectivity index (χ1v) is 40.7. The molecule has 4 aliphatic heterocycles. The van der Waals surface area contributed by atoms with Crippen molar-refractivity contribution in [3.63, 3.8) is 0 Å². The molecule has 5 aliphatic rings. The number of thiophene rings is 1. The van der Waals surface area contributed by atoms with Gasteiger partial charge in [0.25, 0.3) is 23.6 Å². The number of ether oxygens (including phenoxy) is 8. The van der Waals surface area contributed by atoms with E-state index in [0.29, 0.717) is 75.8 Å². The number of oxazole rings is 1. The molecule has 122 heavy (non-hydrogen) atoms. The number of benzene rings is 8. The zero-order valence-corrected chi connectivity index (χ0v) is 67.8. The van der Waals surface area contributed by atoms with E-state index >= 15 is 0 Å². The summed E-state index contributed by atoms with van der Waals surface area (Å²) in [6.45, 7) is 4.00. The number of nitrogens with one attached hydrogen (secondary N) is 8. The van der Waals surface area contributed by atoms with Crippen LogP contribution >= 0.6 is 11.3 Å². The quantitative estimate of drug-likeness (QED) is 0.0295. The van der Waals surface area contributed by atoms with Gasteiger partial charge in [0.05, 0.1) is 163 Å². The van der Waals surface area contributed by atoms with Gasteiger partial charge in [0.15, 0.2) is 0 Å². The molecule has 15 aromatic rings. The van der Waals surface area contributed by atoms with Gasteiger partial charge >= 0.3 is 0 Å². The molecule has 11 heterocycles. The molecule has 8 aromatic carbocycles. The highest BCUT2D eigenvalue weighted by Crippen LogP contribution is 2.39. The number of hydrogen-bond donors (Lipinski definition) is 8. The first kappa shape index (κ1) is 79.4. The summed E-state index contributed by atoms with van der Waals surface area (Å²) in [5.41, 5.74) is 18.1. The summed E-state index contributed by atoms with van der Waals surface area (Å²) in [4.78, 5) is 60.3. The zero-order chi connectivity index (χ0) is 83.4. The highest BCUT2D eigenvalue weighted by molar-refractivity contribution is 7.09. The third-order valence-corrected chi connectivity index (χ3v) is 22.1. The Morgan fingerprint density at radius 3 is 1.14 bits per heavy atom. The van der Waals surface area contributed by atoms with Crippen LogP contribution in [-0.4, -0.2) is 135 Å². The number of aromatic amines is 4. The molecule has 0 radical (unpaired) electrons. The lowest BCUT2D eigenvalue weighted by molar-refractivity contribution is 0.0937. The van der Waals surface area contributed by atoms with Crippen LogP contribution in [-0.2, 0) is 45.3 Å². The molecule has 0 spiro atoms. The minimum atomic E-state index is -0.285. The predicted octanol–water partition coefficient (Wildman–Crippen LogP) is 15.8. The number of H-pyrrole nitrogens is 4. The molecule has 27 nitrogen and oxygen atoms in total. The second-order valence-electron chi connectivity index (χ2n) is 29.1. The van der Waals surface area contributed by atoms with Crippen molar-refractivity contribution in [2.24, 2.45) is 0 Å². The van der Waals surface area contributed by atoms with E-state index < -0.39 is 0 Å². The SMILES string of the molecule is COc1c(C(=O)NC2CC2)ccc2n[nH]c(/C=C/c3ccc4c(c3)CCO4)c12.COc1c(C(=O)NCc2cccnc2)ccc2n[nH]c(/C=C/c3ccc4c(c3)CCO4)c12.COc1c(C(=O)NCc2cccs2)ccc2n[nH]c(/C=C/c3ccc4c(c3)CCO4)c12.COc1c(C(=O)NCc2ncco2)ccc2n[nH]c(/C=C/c3ccc4c(c3)CCO4)c12. The van der Waals surface area contributed by atoms with Crippen molar-refractivity contribution in [1.82, 2.24) is 72.0 Å². The number of nitrogens with zero attached hydrogens (tertiary/aromatic N) is 6. The zero-order valence-electron chi connectivity index (χ0n) is 67.0. The standard InChI is InChI=1S/C25H22N4O3.C24H21N3O3S.C23H20N4O4.C22H21N3O3/c1-31-24-19(25(30)27-15-17-3-2-11-26-14-17)6-8-21-23(24)20(28-29-21)7-4-16-5-9-22-18(13-16)10-12-32-22;1-29-23-18(24(28)25-14-17-3-2-12-31-17)6-8-20-22(23)19(26-27-20)7-4-15-5-9-21-16(13-15)10-11-30-21;1-29-22-16(23(28)25-13-20-24-9-11-31-20)4-6-18-21(22)17(26-27-18)5-2-14-3-7-19-15(12-14)8-10-30-19;1-27-21-16(22(26)23-15-4-5-15)6-8-18-20(21)17(24-25-18)7-2-13-3-9-19-14(12-13)10-11-28-19/h2-9,11,13-14H,10,12,15H2,1H3,(H,27,30)(H,28,29);2-9,12-13H,10-11,14H2,1H3,(H,25,28)(H,26,27);2-7,9,11-12H,8,10,13H2,1H3,(H,25,28)(H,26,27);2-3,6-9,12,15H,4-5,10-11H2,1H3,(H,23,26)(H,24,25)/b2*7-4+;5-2+;7-2+. The minimum absolute atomic E-state index is 0.101. The van der Waals surface area contributed by atoms with Crippen molar-refractivity contribution < 1.29 is 61.5 Å². The van der Waals surface area contributed by atoms with Gasteiger partial charge in [0.1, 0.15) is 52.3 Å². The Kier molecular flexibility index (Phi) is 23.7. The van der Waals surface area contributed by atoms with Crippen molar-refractivity contribution >= 4 is 127 Å². The van der Waals surface area contributed by atoms with Crippen LogP contribution < -0.4 is 59.2 Å². The molecule has 1 fully saturated rings. The summed E-state index contributed by atoms with van der Waals surface area (Å²) >= 11 is 1.61. The van der Waals surface area contributed by atoms with Crippen LogP contribution in [0.25, 0.3) is 92.2 Å². The maximum Gasteiger partial charge on any atom is 0.255 e. The van der Waals surface area contributed by atoms with Gasteiger partial charge in [-0.1, -0.05) is 60.7 Å². The Morgan fingerprint density at radius 1 is 0.426 bits per heavy atom. The van der Waals surface area contributed by atoms with Crippen molar-refractivity contribution in [3.8, 4) is 46.0 Å². The van der Waals surface area contributed by atoms with E-state index in [2.05, 4.69) is 96.3 Å². The summed E-state index contributed by atoms with van der Waals surface area (Å²) in [6, 6.07) is 46.9. The van der Waals surface area contributed by atoms with Crippen molar-refractivity contribution in [2.45, 2.75) is 64.2 Å². The van der Waals surface area contributed by atoms with Gasteiger partial charge in [0.2, 0.25) is 5.89 Å². The number of amides is 4. The Balaban J connectivity index is 0.000000116. The summed E-state index contributed by atoms with van der Waals surface area (Å²) < 4.78 is 50.0. The monoisotopic (exact) mass is 1650 g/mol. The van der Waals surface area contributed by atoms with E-state index in [0.717, 1.165) is 182 Å². The average Bonchev–Trinajstić information content (AvgIpc) is 1.61. The lowest BCUT2D eigenvalue weighted by Crippen LogP contribution is -2.25. The fourth-order valence-corrected chi connectivity index (χ4v) is 15.6. The van der Waals surface area contributed by atoms with Gasteiger partial charge in [0, 0.05) is 55.5 Å². The molecule has 7 aromatic heterocycles. The first-order valence-electron chi connectivity index (χ1n) is 39.8. The molecular formula is C94H84N14O13S. The average molecular weight is 1650 g/mol. The van der Waals surface area contributed by atoms with E-state index in [1.54, 1.807) is 82.5 Å². The Bertz CT molecular complexity index is 6320. The minimum Gasteiger partial charge on any atom is -0.495 e. The lowest BCUT2D eigenvalue weighted by atomic mass is 10.1. The van der Waals surface area contributed by atoms with Crippen molar-refractivity contribution in [3.05, 3.63) is 282 Å². The van der Waals surface area contributed by atoms with E-state index in [1.165, 1.54) is 34.7 Å². The fourth-order valence-electron chi connectivity index (χ4n) is 15.0. The molecule has 1 aliphatic carbocycles. The molecule has 0 saturated heterocycles. The molecular weight excluding hydrogens is 1570 g/mol. The molecule has 28 heteroatoms. The third-order valence-electron chi connectivity index (χ3n) is 21.2. The maximum atomic E-state index is 12.9. The van der Waals surface area contributed by atoms with E-state index in [9.17, 15) is 19.2 Å². The maximum absolute atomic E-state index is 12.9. The number of carbonyl (C=O) groups is 4. The van der Waals surface area contributed by atoms with Crippen LogP contribution in [0.3, 0.4) is 0 Å². The van der Waals surface area contributed by atoms with E-state index in [-0.39, 0.29) is 30.2 Å². The van der Waals surface area contributed by atoms with Crippen LogP contribution in [0.5, 0.6) is 46.0 Å². The highest BCUT2D eigenvalue weighted by Gasteiger charge is 2.28. The van der Waals surface area contributed by atoms with Crippen molar-refractivity contribution in [1.29, 1.82) is 0 Å². The molecule has 0 unspecified atom stereocenters. The van der Waals surface area contributed by atoms with Gasteiger partial charge in [-0.25, -0.2) is 4.98 Å². The van der Waals surface area contributed by atoms with Gasteiger partial charge in [-0.15, -0.1) is 11.3 Å². The van der Waals surface area contributed by atoms with Crippen LogP contribution in [0.4, 0.5) is 0 Å². The number of aromatic nitrogens is 10. The number of hydrogen-bond acceptors (Lipinski definition) is 20. The number of methoxy groups -OCH3 is 4. The molecule has 4 amide bonds. The topological polar surface area (TPSA) is 344 Å². The molecule has 614 valence electrons.